The maximum Gasteiger partial charge on any atom is 0.330 e. The number of furan rings is 1. The average molecular weight is 473 g/mol. The molecule has 0 saturated heterocycles. The van der Waals surface area contributed by atoms with Crippen molar-refractivity contribution in [2.45, 2.75) is 13.1 Å². The van der Waals surface area contributed by atoms with Crippen molar-refractivity contribution in [1.29, 1.82) is 0 Å². The minimum Gasteiger partial charge on any atom is -0.496 e. The molecule has 0 bridgehead atoms. The van der Waals surface area contributed by atoms with Crippen molar-refractivity contribution in [3.8, 4) is 5.75 Å². The number of amides is 1. The third-order valence-electron chi connectivity index (χ3n) is 5.37. The molecule has 4 rings (SSSR count). The van der Waals surface area contributed by atoms with Crippen LogP contribution in [0.5, 0.6) is 5.75 Å². The van der Waals surface area contributed by atoms with E-state index in [-0.39, 0.29) is 24.6 Å². The molecule has 0 spiro atoms. The van der Waals surface area contributed by atoms with Crippen LogP contribution in [0, 0.1) is 0 Å². The minimum atomic E-state index is -0.776. The number of aromatic nitrogens is 2. The SMILES string of the molecule is COc1ccccc1C=CC(=O)N(Cc1ccco1)c1c(N)n(Cc2ccccc2)c(=O)[nH]c1=O. The largest absolute Gasteiger partial charge is 0.496 e. The lowest BCUT2D eigenvalue weighted by Gasteiger charge is -2.22. The number of aromatic amines is 1. The monoisotopic (exact) mass is 472 g/mol. The summed E-state index contributed by atoms with van der Waals surface area (Å²) in [7, 11) is 1.54. The van der Waals surface area contributed by atoms with E-state index in [2.05, 4.69) is 4.98 Å². The maximum atomic E-state index is 13.4. The molecule has 2 heterocycles. The van der Waals surface area contributed by atoms with E-state index in [1.807, 2.05) is 42.5 Å². The number of carbonyl (C=O) groups excluding carboxylic acids is 1. The van der Waals surface area contributed by atoms with Gasteiger partial charge in [0.1, 0.15) is 17.3 Å². The fourth-order valence-corrected chi connectivity index (χ4v) is 3.64. The smallest absolute Gasteiger partial charge is 0.330 e. The second-order valence-corrected chi connectivity index (χ2v) is 7.64. The summed E-state index contributed by atoms with van der Waals surface area (Å²) in [6, 6.07) is 19.7. The molecule has 9 nitrogen and oxygen atoms in total. The number of nitrogens with one attached hydrogen (secondary N) is 1. The van der Waals surface area contributed by atoms with Gasteiger partial charge in [-0.1, -0.05) is 48.5 Å². The van der Waals surface area contributed by atoms with E-state index in [0.29, 0.717) is 17.1 Å². The van der Waals surface area contributed by atoms with Gasteiger partial charge in [0.25, 0.3) is 11.5 Å². The number of benzene rings is 2. The lowest BCUT2D eigenvalue weighted by Crippen LogP contribution is -2.40. The highest BCUT2D eigenvalue weighted by atomic mass is 16.5. The first kappa shape index (κ1) is 23.4. The molecule has 0 atom stereocenters. The van der Waals surface area contributed by atoms with Crippen LogP contribution in [-0.2, 0) is 17.9 Å². The Morgan fingerprint density at radius 1 is 1.09 bits per heavy atom. The molecule has 2 aromatic heterocycles. The molecule has 0 radical (unpaired) electrons. The molecule has 0 saturated carbocycles. The van der Waals surface area contributed by atoms with Gasteiger partial charge < -0.3 is 14.9 Å². The number of para-hydroxylation sites is 1. The van der Waals surface area contributed by atoms with Gasteiger partial charge in [0.2, 0.25) is 0 Å². The number of methoxy groups -OCH3 is 1. The highest BCUT2D eigenvalue weighted by Gasteiger charge is 2.24. The maximum absolute atomic E-state index is 13.4. The second kappa shape index (κ2) is 10.4. The van der Waals surface area contributed by atoms with E-state index >= 15 is 0 Å². The number of anilines is 2. The molecule has 1 amide bonds. The van der Waals surface area contributed by atoms with Crippen molar-refractivity contribution in [2.24, 2.45) is 0 Å². The van der Waals surface area contributed by atoms with Crippen LogP contribution < -0.4 is 26.6 Å². The zero-order valence-electron chi connectivity index (χ0n) is 19.0. The number of hydrogen-bond acceptors (Lipinski definition) is 6. The van der Waals surface area contributed by atoms with Crippen LogP contribution >= 0.6 is 0 Å². The van der Waals surface area contributed by atoms with Gasteiger partial charge in [-0.15, -0.1) is 0 Å². The van der Waals surface area contributed by atoms with Crippen LogP contribution in [0.1, 0.15) is 16.9 Å². The van der Waals surface area contributed by atoms with E-state index < -0.39 is 17.2 Å². The van der Waals surface area contributed by atoms with Crippen molar-refractivity contribution in [1.82, 2.24) is 9.55 Å². The number of nitrogens with zero attached hydrogens (tertiary/aromatic N) is 2. The summed E-state index contributed by atoms with van der Waals surface area (Å²) < 4.78 is 12.0. The highest BCUT2D eigenvalue weighted by Crippen LogP contribution is 2.23. The summed E-state index contributed by atoms with van der Waals surface area (Å²) in [5.41, 5.74) is 6.22. The quantitative estimate of drug-likeness (QED) is 0.380. The first-order chi connectivity index (χ1) is 17.0. The Bertz CT molecular complexity index is 1450. The van der Waals surface area contributed by atoms with Gasteiger partial charge in [0.15, 0.2) is 5.69 Å². The van der Waals surface area contributed by atoms with Crippen LogP contribution in [0.3, 0.4) is 0 Å². The van der Waals surface area contributed by atoms with Crippen LogP contribution in [-0.4, -0.2) is 22.6 Å². The molecular formula is C26H24N4O5. The third kappa shape index (κ3) is 5.25. The van der Waals surface area contributed by atoms with Crippen LogP contribution in [0.2, 0.25) is 0 Å². The minimum absolute atomic E-state index is 0.0705. The van der Waals surface area contributed by atoms with Crippen LogP contribution in [0.4, 0.5) is 11.5 Å². The Hall–Kier alpha value is -4.79. The number of nitrogen functional groups attached to an aromatic ring is 1. The molecule has 0 aliphatic rings. The summed E-state index contributed by atoms with van der Waals surface area (Å²) in [6.45, 7) is 0.0496. The van der Waals surface area contributed by atoms with Gasteiger partial charge in [0.05, 0.1) is 26.5 Å². The second-order valence-electron chi connectivity index (χ2n) is 7.64. The van der Waals surface area contributed by atoms with Gasteiger partial charge >= 0.3 is 5.69 Å². The Balaban J connectivity index is 1.77. The summed E-state index contributed by atoms with van der Waals surface area (Å²) in [5.74, 6) is 0.356. The van der Waals surface area contributed by atoms with Crippen LogP contribution in [0.25, 0.3) is 6.08 Å². The molecule has 4 aromatic rings. The Kier molecular flexibility index (Phi) is 6.96. The van der Waals surface area contributed by atoms with E-state index in [9.17, 15) is 14.4 Å². The van der Waals surface area contributed by atoms with Crippen molar-refractivity contribution in [3.63, 3.8) is 0 Å². The molecule has 3 N–H and O–H groups in total. The predicted molar refractivity (Wildman–Crippen MR) is 133 cm³/mol. The molecule has 0 unspecified atom stereocenters. The zero-order chi connectivity index (χ0) is 24.8. The molecule has 178 valence electrons. The fraction of sp³-hybridized carbons (Fsp3) is 0.115. The number of rotatable bonds is 8. The Morgan fingerprint density at radius 2 is 1.83 bits per heavy atom. The number of carbonyl (C=O) groups is 1. The van der Waals surface area contributed by atoms with Gasteiger partial charge in [-0.05, 0) is 29.8 Å². The standard InChI is InChI=1S/C26H24N4O5/c1-34-21-12-6-5-10-19(21)13-14-22(31)29(17-20-11-7-15-35-20)23-24(27)30(26(33)28-25(23)32)16-18-8-3-2-4-9-18/h2-15H,16-17,27H2,1H3,(H,28,32,33). The van der Waals surface area contributed by atoms with E-state index in [1.165, 1.54) is 28.9 Å². The van der Waals surface area contributed by atoms with Crippen molar-refractivity contribution in [3.05, 3.63) is 117 Å². The van der Waals surface area contributed by atoms with Crippen molar-refractivity contribution >= 4 is 23.5 Å². The fourth-order valence-electron chi connectivity index (χ4n) is 3.64. The molecule has 2 aromatic carbocycles. The molecule has 0 aliphatic carbocycles. The van der Waals surface area contributed by atoms with E-state index in [1.54, 1.807) is 30.3 Å². The molecular weight excluding hydrogens is 448 g/mol. The first-order valence-corrected chi connectivity index (χ1v) is 10.8. The Labute approximate surface area is 200 Å². The van der Waals surface area contributed by atoms with E-state index in [0.717, 1.165) is 5.56 Å². The van der Waals surface area contributed by atoms with Crippen LogP contribution in [0.15, 0.2) is 93.1 Å². The molecule has 9 heteroatoms. The van der Waals surface area contributed by atoms with Gasteiger partial charge in [-0.2, -0.15) is 0 Å². The molecule has 35 heavy (non-hydrogen) atoms. The van der Waals surface area contributed by atoms with Gasteiger partial charge in [0, 0.05) is 11.6 Å². The lowest BCUT2D eigenvalue weighted by atomic mass is 10.2. The number of H-pyrrole nitrogens is 1. The number of ether oxygens (including phenoxy) is 1. The van der Waals surface area contributed by atoms with Gasteiger partial charge in [-0.25, -0.2) is 4.79 Å². The summed E-state index contributed by atoms with van der Waals surface area (Å²) >= 11 is 0. The Morgan fingerprint density at radius 3 is 2.54 bits per heavy atom. The zero-order valence-corrected chi connectivity index (χ0v) is 19.0. The lowest BCUT2D eigenvalue weighted by molar-refractivity contribution is -0.114. The number of nitrogens with two attached hydrogens (primary N) is 1. The van der Waals surface area contributed by atoms with Crippen molar-refractivity contribution in [2.75, 3.05) is 17.7 Å². The summed E-state index contributed by atoms with van der Waals surface area (Å²) in [5, 5.41) is 0. The topological polar surface area (TPSA) is 124 Å². The average Bonchev–Trinajstić information content (AvgIpc) is 3.38. The summed E-state index contributed by atoms with van der Waals surface area (Å²) in [4.78, 5) is 42.3. The van der Waals surface area contributed by atoms with E-state index in [4.69, 9.17) is 14.9 Å². The summed E-state index contributed by atoms with van der Waals surface area (Å²) in [6.07, 6.45) is 4.36. The highest BCUT2D eigenvalue weighted by molar-refractivity contribution is 6.05. The van der Waals surface area contributed by atoms with Gasteiger partial charge in [-0.3, -0.25) is 24.0 Å². The third-order valence-corrected chi connectivity index (χ3v) is 5.37. The van der Waals surface area contributed by atoms with Crippen molar-refractivity contribution < 1.29 is 13.9 Å². The normalized spacial score (nSPS) is 11.0. The number of hydrogen-bond donors (Lipinski definition) is 2. The first-order valence-electron chi connectivity index (χ1n) is 10.8. The molecule has 0 aliphatic heterocycles. The molecule has 0 fully saturated rings. The predicted octanol–water partition coefficient (Wildman–Crippen LogP) is 3.02.